The number of methoxy groups -OCH3 is 3. The van der Waals surface area contributed by atoms with Crippen LogP contribution in [0.2, 0.25) is 0 Å². The van der Waals surface area contributed by atoms with Crippen molar-refractivity contribution in [1.82, 2.24) is 4.98 Å². The fraction of sp³-hybridized carbons (Fsp3) is 0.160. The van der Waals surface area contributed by atoms with Crippen LogP contribution in [0.25, 0.3) is 33.3 Å². The van der Waals surface area contributed by atoms with Crippen LogP contribution in [0.4, 0.5) is 5.69 Å². The lowest BCUT2D eigenvalue weighted by Gasteiger charge is -2.15. The predicted molar refractivity (Wildman–Crippen MR) is 124 cm³/mol. The van der Waals surface area contributed by atoms with Gasteiger partial charge in [-0.25, -0.2) is 4.98 Å². The van der Waals surface area contributed by atoms with E-state index in [0.29, 0.717) is 33.8 Å². The molecular weight excluding hydrogens is 408 g/mol. The molecule has 0 spiro atoms. The first-order valence-electron chi connectivity index (χ1n) is 9.91. The van der Waals surface area contributed by atoms with E-state index in [0.717, 1.165) is 22.3 Å². The highest BCUT2D eigenvalue weighted by Crippen LogP contribution is 2.42. The highest BCUT2D eigenvalue weighted by Gasteiger charge is 2.18. The number of benzene rings is 3. The van der Waals surface area contributed by atoms with Gasteiger partial charge in [0.2, 0.25) is 5.75 Å². The van der Waals surface area contributed by atoms with Crippen LogP contribution in [-0.2, 0) is 0 Å². The van der Waals surface area contributed by atoms with Crippen molar-refractivity contribution >= 4 is 16.6 Å². The summed E-state index contributed by atoms with van der Waals surface area (Å²) in [6.07, 6.45) is 0. The number of nitro groups is 1. The van der Waals surface area contributed by atoms with Gasteiger partial charge in [-0.15, -0.1) is 0 Å². The number of rotatable bonds is 6. The number of aryl methyl sites for hydroxylation is 1. The van der Waals surface area contributed by atoms with Crippen LogP contribution in [0.15, 0.2) is 60.7 Å². The van der Waals surface area contributed by atoms with Crippen molar-refractivity contribution in [3.8, 4) is 39.6 Å². The molecule has 32 heavy (non-hydrogen) atoms. The smallest absolute Gasteiger partial charge is 0.270 e. The van der Waals surface area contributed by atoms with Crippen molar-refractivity contribution in [1.29, 1.82) is 0 Å². The molecule has 0 saturated heterocycles. The van der Waals surface area contributed by atoms with Gasteiger partial charge < -0.3 is 14.2 Å². The van der Waals surface area contributed by atoms with Crippen LogP contribution in [0.1, 0.15) is 5.56 Å². The Kier molecular flexibility index (Phi) is 5.64. The van der Waals surface area contributed by atoms with E-state index < -0.39 is 4.92 Å². The Balaban J connectivity index is 2.00. The highest BCUT2D eigenvalue weighted by atomic mass is 16.6. The van der Waals surface area contributed by atoms with Crippen LogP contribution in [-0.4, -0.2) is 31.2 Å². The first-order chi connectivity index (χ1) is 15.4. The van der Waals surface area contributed by atoms with Gasteiger partial charge in [0.15, 0.2) is 11.5 Å². The molecule has 1 aromatic heterocycles. The Morgan fingerprint density at radius 2 is 1.47 bits per heavy atom. The van der Waals surface area contributed by atoms with E-state index >= 15 is 0 Å². The SMILES string of the molecule is COc1cc(-c2cc(-c3ccc(C)cc3)c3cc([N+](=O)[O-])ccc3n2)cc(OC)c1OC. The third-order valence-electron chi connectivity index (χ3n) is 5.33. The minimum atomic E-state index is -0.397. The molecule has 3 aromatic carbocycles. The first kappa shape index (κ1) is 21.1. The lowest BCUT2D eigenvalue weighted by Crippen LogP contribution is -1.97. The van der Waals surface area contributed by atoms with Gasteiger partial charge in [0.25, 0.3) is 5.69 Å². The number of hydrogen-bond donors (Lipinski definition) is 0. The van der Waals surface area contributed by atoms with E-state index in [-0.39, 0.29) is 5.69 Å². The van der Waals surface area contributed by atoms with E-state index in [1.165, 1.54) is 6.07 Å². The normalized spacial score (nSPS) is 10.8. The highest BCUT2D eigenvalue weighted by molar-refractivity contribution is 5.98. The molecule has 7 nitrogen and oxygen atoms in total. The molecule has 0 atom stereocenters. The lowest BCUT2D eigenvalue weighted by molar-refractivity contribution is -0.384. The molecule has 4 rings (SSSR count). The molecule has 4 aromatic rings. The van der Waals surface area contributed by atoms with Crippen molar-refractivity contribution in [2.45, 2.75) is 6.92 Å². The van der Waals surface area contributed by atoms with Crippen molar-refractivity contribution in [3.63, 3.8) is 0 Å². The molecule has 0 fully saturated rings. The predicted octanol–water partition coefficient (Wildman–Crippen LogP) is 5.81. The molecule has 0 unspecified atom stereocenters. The number of hydrogen-bond acceptors (Lipinski definition) is 6. The zero-order valence-corrected chi connectivity index (χ0v) is 18.2. The minimum Gasteiger partial charge on any atom is -0.493 e. The van der Waals surface area contributed by atoms with Gasteiger partial charge in [-0.1, -0.05) is 29.8 Å². The molecule has 0 N–H and O–H groups in total. The van der Waals surface area contributed by atoms with Gasteiger partial charge in [-0.2, -0.15) is 0 Å². The fourth-order valence-electron chi connectivity index (χ4n) is 3.68. The maximum absolute atomic E-state index is 11.4. The van der Waals surface area contributed by atoms with Gasteiger partial charge in [-0.05, 0) is 42.3 Å². The maximum atomic E-state index is 11.4. The third kappa shape index (κ3) is 3.80. The fourth-order valence-corrected chi connectivity index (χ4v) is 3.68. The molecule has 7 heteroatoms. The maximum Gasteiger partial charge on any atom is 0.270 e. The largest absolute Gasteiger partial charge is 0.493 e. The van der Waals surface area contributed by atoms with Crippen LogP contribution >= 0.6 is 0 Å². The van der Waals surface area contributed by atoms with Crippen LogP contribution in [0, 0.1) is 17.0 Å². The molecule has 0 saturated carbocycles. The van der Waals surface area contributed by atoms with Gasteiger partial charge >= 0.3 is 0 Å². The first-order valence-corrected chi connectivity index (χ1v) is 9.91. The topological polar surface area (TPSA) is 83.7 Å². The average Bonchev–Trinajstić information content (AvgIpc) is 2.82. The molecule has 0 aliphatic rings. The van der Waals surface area contributed by atoms with Crippen molar-refractivity contribution < 1.29 is 19.1 Å². The minimum absolute atomic E-state index is 0.0215. The summed E-state index contributed by atoms with van der Waals surface area (Å²) in [5, 5.41) is 12.1. The summed E-state index contributed by atoms with van der Waals surface area (Å²) >= 11 is 0. The zero-order valence-electron chi connectivity index (χ0n) is 18.2. The molecule has 0 bridgehead atoms. The third-order valence-corrected chi connectivity index (χ3v) is 5.33. The van der Waals surface area contributed by atoms with Gasteiger partial charge in [0.1, 0.15) is 0 Å². The number of pyridine rings is 1. The summed E-state index contributed by atoms with van der Waals surface area (Å²) in [5.41, 5.74) is 5.04. The summed E-state index contributed by atoms with van der Waals surface area (Å²) in [5.74, 6) is 1.53. The summed E-state index contributed by atoms with van der Waals surface area (Å²) in [4.78, 5) is 15.8. The van der Waals surface area contributed by atoms with Crippen molar-refractivity contribution in [2.75, 3.05) is 21.3 Å². The van der Waals surface area contributed by atoms with Crippen LogP contribution < -0.4 is 14.2 Å². The Bertz CT molecular complexity index is 1290. The molecule has 162 valence electrons. The van der Waals surface area contributed by atoms with Crippen LogP contribution in [0.3, 0.4) is 0 Å². The van der Waals surface area contributed by atoms with Crippen molar-refractivity contribution in [3.05, 3.63) is 76.3 Å². The summed E-state index contributed by atoms with van der Waals surface area (Å²) in [7, 11) is 4.67. The van der Waals surface area contributed by atoms with Crippen molar-refractivity contribution in [2.24, 2.45) is 0 Å². The van der Waals surface area contributed by atoms with E-state index in [2.05, 4.69) is 0 Å². The summed E-state index contributed by atoms with van der Waals surface area (Å²) in [6.45, 7) is 2.01. The quantitative estimate of drug-likeness (QED) is 0.283. The van der Waals surface area contributed by atoms with Gasteiger partial charge in [-0.3, -0.25) is 10.1 Å². The Hall–Kier alpha value is -4.13. The molecule has 0 radical (unpaired) electrons. The Morgan fingerprint density at radius 1 is 0.812 bits per heavy atom. The molecular formula is C25H22N2O5. The average molecular weight is 430 g/mol. The van der Waals surface area contributed by atoms with E-state index in [1.54, 1.807) is 33.5 Å². The number of nitro benzene ring substituents is 1. The summed E-state index contributed by atoms with van der Waals surface area (Å²) < 4.78 is 16.4. The van der Waals surface area contributed by atoms with Gasteiger partial charge in [0, 0.05) is 23.1 Å². The number of ether oxygens (including phenoxy) is 3. The number of fused-ring (bicyclic) bond motifs is 1. The standard InChI is InChI=1S/C25H22N2O5/c1-15-5-7-16(8-6-15)19-14-22(26-21-10-9-18(27(28)29)13-20(19)21)17-11-23(30-2)25(32-4)24(12-17)31-3/h5-14H,1-4H3. The van der Waals surface area contributed by atoms with E-state index in [4.69, 9.17) is 19.2 Å². The Labute approximate surface area is 185 Å². The second kappa shape index (κ2) is 8.55. The number of aromatic nitrogens is 1. The lowest BCUT2D eigenvalue weighted by atomic mass is 9.97. The molecule has 1 heterocycles. The monoisotopic (exact) mass is 430 g/mol. The molecule has 0 amide bonds. The summed E-state index contributed by atoms with van der Waals surface area (Å²) in [6, 6.07) is 18.3. The second-order valence-electron chi connectivity index (χ2n) is 7.29. The van der Waals surface area contributed by atoms with Crippen LogP contribution in [0.5, 0.6) is 17.2 Å². The van der Waals surface area contributed by atoms with E-state index in [1.807, 2.05) is 49.4 Å². The Morgan fingerprint density at radius 3 is 2.03 bits per heavy atom. The number of nitrogens with zero attached hydrogens (tertiary/aromatic N) is 2. The molecule has 0 aliphatic carbocycles. The number of non-ortho nitro benzene ring substituents is 1. The molecule has 0 aliphatic heterocycles. The second-order valence-corrected chi connectivity index (χ2v) is 7.29. The zero-order chi connectivity index (χ0) is 22.8. The van der Waals surface area contributed by atoms with Gasteiger partial charge in [0.05, 0.1) is 37.5 Å². The van der Waals surface area contributed by atoms with E-state index in [9.17, 15) is 10.1 Å².